The first-order chi connectivity index (χ1) is 14.5. The van der Waals surface area contributed by atoms with Gasteiger partial charge in [-0.1, -0.05) is 12.1 Å². The van der Waals surface area contributed by atoms with Crippen molar-refractivity contribution in [3.05, 3.63) is 29.8 Å². The molecule has 0 fully saturated rings. The first kappa shape index (κ1) is 25.7. The number of ether oxygens (including phenoxy) is 2. The molecule has 31 heavy (non-hydrogen) atoms. The number of amides is 3. The normalized spacial score (nSPS) is 11.8. The SMILES string of the molecule is CC(C)(C)OC(=O)NCCCCCOc1ccc(CC(C(=O)O)N(C=O)C(=O)O)cc1. The Morgan fingerprint density at radius 3 is 2.26 bits per heavy atom. The van der Waals surface area contributed by atoms with Crippen molar-refractivity contribution in [2.75, 3.05) is 13.2 Å². The van der Waals surface area contributed by atoms with Crippen molar-refractivity contribution in [3.8, 4) is 5.75 Å². The zero-order chi connectivity index (χ0) is 23.4. The molecule has 172 valence electrons. The van der Waals surface area contributed by atoms with Crippen LogP contribution in [0.3, 0.4) is 0 Å². The van der Waals surface area contributed by atoms with Gasteiger partial charge < -0.3 is 25.0 Å². The predicted molar refractivity (Wildman–Crippen MR) is 111 cm³/mol. The molecule has 3 N–H and O–H groups in total. The minimum atomic E-state index is -1.62. The van der Waals surface area contributed by atoms with Crippen LogP contribution in [-0.4, -0.2) is 64.5 Å². The van der Waals surface area contributed by atoms with Gasteiger partial charge in [-0.15, -0.1) is 0 Å². The third-order valence-electron chi connectivity index (χ3n) is 4.07. The number of nitrogens with one attached hydrogen (secondary N) is 1. The Morgan fingerprint density at radius 1 is 1.10 bits per heavy atom. The number of benzene rings is 1. The number of alkyl carbamates (subject to hydrolysis) is 1. The van der Waals surface area contributed by atoms with Gasteiger partial charge in [0.25, 0.3) is 0 Å². The van der Waals surface area contributed by atoms with E-state index in [4.69, 9.17) is 14.6 Å². The van der Waals surface area contributed by atoms with E-state index >= 15 is 0 Å². The lowest BCUT2D eigenvalue weighted by Gasteiger charge is -2.20. The molecule has 1 atom stereocenters. The van der Waals surface area contributed by atoms with Crippen LogP contribution in [-0.2, 0) is 20.7 Å². The van der Waals surface area contributed by atoms with Gasteiger partial charge in [0.15, 0.2) is 0 Å². The molecule has 1 aromatic rings. The van der Waals surface area contributed by atoms with Gasteiger partial charge in [-0.2, -0.15) is 0 Å². The number of unbranched alkanes of at least 4 members (excludes halogenated alkanes) is 2. The van der Waals surface area contributed by atoms with Gasteiger partial charge in [0, 0.05) is 13.0 Å². The highest BCUT2D eigenvalue weighted by molar-refractivity contribution is 5.87. The lowest BCUT2D eigenvalue weighted by atomic mass is 10.1. The standard InChI is InChI=1S/C21H30N2O8/c1-21(2,3)31-19(27)22-11-5-4-6-12-30-16-9-7-15(8-10-16)13-17(18(25)26)23(14-24)20(28)29/h7-10,14,17H,4-6,11-13H2,1-3H3,(H,22,27)(H,25,26)(H,28,29). The fourth-order valence-corrected chi connectivity index (χ4v) is 2.60. The first-order valence-electron chi connectivity index (χ1n) is 9.91. The molecule has 0 bridgehead atoms. The van der Waals surface area contributed by atoms with Gasteiger partial charge in [0.05, 0.1) is 6.61 Å². The van der Waals surface area contributed by atoms with E-state index in [1.165, 1.54) is 0 Å². The summed E-state index contributed by atoms with van der Waals surface area (Å²) in [5, 5.41) is 20.8. The molecular weight excluding hydrogens is 408 g/mol. The average Bonchev–Trinajstić information content (AvgIpc) is 2.66. The van der Waals surface area contributed by atoms with Crippen LogP contribution in [0.15, 0.2) is 24.3 Å². The van der Waals surface area contributed by atoms with Crippen molar-refractivity contribution in [1.82, 2.24) is 10.2 Å². The van der Waals surface area contributed by atoms with Crippen LogP contribution >= 0.6 is 0 Å². The smallest absolute Gasteiger partial charge is 0.414 e. The predicted octanol–water partition coefficient (Wildman–Crippen LogP) is 2.89. The average molecular weight is 438 g/mol. The number of nitrogens with zero attached hydrogens (tertiary/aromatic N) is 1. The maximum Gasteiger partial charge on any atom is 0.414 e. The second-order valence-electron chi connectivity index (χ2n) is 7.84. The third-order valence-corrected chi connectivity index (χ3v) is 4.07. The molecule has 3 amide bonds. The molecule has 0 saturated heterocycles. The maximum atomic E-state index is 11.5. The molecule has 10 heteroatoms. The summed E-state index contributed by atoms with van der Waals surface area (Å²) in [4.78, 5) is 44.9. The van der Waals surface area contributed by atoms with E-state index in [2.05, 4.69) is 5.32 Å². The molecule has 1 aromatic carbocycles. The number of carbonyl (C=O) groups is 4. The number of carboxylic acid groups (broad SMARTS) is 2. The summed E-state index contributed by atoms with van der Waals surface area (Å²) in [5.41, 5.74) is 0.0349. The van der Waals surface area contributed by atoms with E-state index in [0.29, 0.717) is 24.5 Å². The van der Waals surface area contributed by atoms with Crippen LogP contribution in [0.25, 0.3) is 0 Å². The van der Waals surface area contributed by atoms with Crippen LogP contribution < -0.4 is 10.1 Å². The van der Waals surface area contributed by atoms with Crippen LogP contribution in [0.2, 0.25) is 0 Å². The van der Waals surface area contributed by atoms with Crippen molar-refractivity contribution in [3.63, 3.8) is 0 Å². The Hall–Kier alpha value is -3.30. The number of rotatable bonds is 12. The fourth-order valence-electron chi connectivity index (χ4n) is 2.60. The van der Waals surface area contributed by atoms with Crippen LogP contribution in [0.5, 0.6) is 5.75 Å². The molecule has 1 unspecified atom stereocenters. The second-order valence-corrected chi connectivity index (χ2v) is 7.84. The van der Waals surface area contributed by atoms with Crippen LogP contribution in [0.4, 0.5) is 9.59 Å². The van der Waals surface area contributed by atoms with Gasteiger partial charge in [0.2, 0.25) is 6.41 Å². The van der Waals surface area contributed by atoms with Gasteiger partial charge in [-0.3, -0.25) is 4.79 Å². The first-order valence-corrected chi connectivity index (χ1v) is 9.91. The number of aliphatic carboxylic acids is 1. The zero-order valence-electron chi connectivity index (χ0n) is 18.0. The van der Waals surface area contributed by atoms with Gasteiger partial charge in [0.1, 0.15) is 17.4 Å². The number of hydrogen-bond donors (Lipinski definition) is 3. The Balaban J connectivity index is 2.35. The van der Waals surface area contributed by atoms with Crippen LogP contribution in [0.1, 0.15) is 45.6 Å². The molecule has 0 heterocycles. The topological polar surface area (TPSA) is 142 Å². The van der Waals surface area contributed by atoms with Gasteiger partial charge >= 0.3 is 18.2 Å². The molecule has 0 aliphatic rings. The summed E-state index contributed by atoms with van der Waals surface area (Å²) in [6.45, 7) is 6.40. The largest absolute Gasteiger partial charge is 0.494 e. The summed E-state index contributed by atoms with van der Waals surface area (Å²) >= 11 is 0. The molecule has 0 spiro atoms. The highest BCUT2D eigenvalue weighted by atomic mass is 16.6. The zero-order valence-corrected chi connectivity index (χ0v) is 18.0. The van der Waals surface area contributed by atoms with E-state index < -0.39 is 29.8 Å². The molecule has 0 radical (unpaired) electrons. The van der Waals surface area contributed by atoms with Crippen molar-refractivity contribution in [1.29, 1.82) is 0 Å². The third kappa shape index (κ3) is 10.3. The molecule has 0 aliphatic heterocycles. The highest BCUT2D eigenvalue weighted by Gasteiger charge is 2.29. The quantitative estimate of drug-likeness (QED) is 0.334. The summed E-state index contributed by atoms with van der Waals surface area (Å²) in [5.74, 6) is -0.816. The number of carbonyl (C=O) groups excluding carboxylic acids is 2. The van der Waals surface area contributed by atoms with Crippen molar-refractivity contribution < 1.29 is 38.9 Å². The summed E-state index contributed by atoms with van der Waals surface area (Å²) in [6, 6.07) is 5.06. The Labute approximate surface area is 181 Å². The lowest BCUT2D eigenvalue weighted by Crippen LogP contribution is -2.44. The summed E-state index contributed by atoms with van der Waals surface area (Å²) < 4.78 is 10.8. The molecular formula is C21H30N2O8. The minimum Gasteiger partial charge on any atom is -0.494 e. The van der Waals surface area contributed by atoms with E-state index in [0.717, 1.165) is 19.3 Å². The van der Waals surface area contributed by atoms with E-state index in [1.807, 2.05) is 0 Å². The molecule has 0 saturated carbocycles. The molecule has 1 rings (SSSR count). The molecule has 0 aromatic heterocycles. The van der Waals surface area contributed by atoms with Crippen molar-refractivity contribution in [2.24, 2.45) is 0 Å². The summed E-state index contributed by atoms with van der Waals surface area (Å²) in [6.07, 6.45) is 0.204. The monoisotopic (exact) mass is 438 g/mol. The van der Waals surface area contributed by atoms with E-state index in [-0.39, 0.29) is 17.7 Å². The van der Waals surface area contributed by atoms with E-state index in [9.17, 15) is 24.3 Å². The van der Waals surface area contributed by atoms with Gasteiger partial charge in [-0.25, -0.2) is 19.3 Å². The molecule has 0 aliphatic carbocycles. The van der Waals surface area contributed by atoms with E-state index in [1.54, 1.807) is 45.0 Å². The minimum absolute atomic E-state index is 0.0123. The van der Waals surface area contributed by atoms with Crippen molar-refractivity contribution >= 4 is 24.6 Å². The Morgan fingerprint density at radius 2 is 1.74 bits per heavy atom. The number of carboxylic acids is 1. The molecule has 10 nitrogen and oxygen atoms in total. The number of hydrogen-bond acceptors (Lipinski definition) is 6. The Bertz CT molecular complexity index is 743. The lowest BCUT2D eigenvalue weighted by molar-refractivity contribution is -0.145. The Kier molecular flexibility index (Phi) is 10.3. The number of imide groups is 1. The fraction of sp³-hybridized carbons (Fsp3) is 0.524. The maximum absolute atomic E-state index is 11.5. The highest BCUT2D eigenvalue weighted by Crippen LogP contribution is 2.16. The van der Waals surface area contributed by atoms with Crippen LogP contribution in [0, 0.1) is 0 Å². The second kappa shape index (κ2) is 12.4. The van der Waals surface area contributed by atoms with Gasteiger partial charge in [-0.05, 0) is 57.7 Å². The van der Waals surface area contributed by atoms with Crippen molar-refractivity contribution in [2.45, 2.75) is 58.1 Å². The summed E-state index contributed by atoms with van der Waals surface area (Å²) in [7, 11) is 0.